The number of methoxy groups -OCH3 is 1. The van der Waals surface area contributed by atoms with E-state index < -0.39 is 18.5 Å². The predicted octanol–water partition coefficient (Wildman–Crippen LogP) is -0.533. The van der Waals surface area contributed by atoms with E-state index in [9.17, 15) is 12.9 Å². The molecule has 7 heteroatoms. The van der Waals surface area contributed by atoms with E-state index in [2.05, 4.69) is 0 Å². The van der Waals surface area contributed by atoms with Gasteiger partial charge in [0.25, 0.3) is 0 Å². The third-order valence-electron chi connectivity index (χ3n) is 2.25. The first-order chi connectivity index (χ1) is 7.84. The predicted molar refractivity (Wildman–Crippen MR) is 61.9 cm³/mol. The van der Waals surface area contributed by atoms with E-state index in [-0.39, 0.29) is 63.7 Å². The minimum Gasteiger partial charge on any atom is -0.491 e. The Bertz CT molecular complexity index is 385. The SMILES string of the molecule is COCC(C)Oc1ccc(C)cc1[B-](F)(F)F.[K+]. The van der Waals surface area contributed by atoms with E-state index in [4.69, 9.17) is 9.47 Å². The van der Waals surface area contributed by atoms with Gasteiger partial charge in [0.05, 0.1) is 12.4 Å². The molecule has 0 aliphatic rings. The second-order valence-electron chi connectivity index (χ2n) is 4.00. The van der Waals surface area contributed by atoms with Gasteiger partial charge in [0.2, 0.25) is 0 Å². The first-order valence-electron chi connectivity index (χ1n) is 5.30. The largest absolute Gasteiger partial charge is 1.00 e. The Balaban J connectivity index is 0.00000289. The summed E-state index contributed by atoms with van der Waals surface area (Å²) in [7, 11) is 1.48. The average Bonchev–Trinajstić information content (AvgIpc) is 2.19. The molecular formula is C11H15BF3KO2. The van der Waals surface area contributed by atoms with E-state index in [1.165, 1.54) is 13.2 Å². The molecule has 0 aromatic heterocycles. The van der Waals surface area contributed by atoms with Gasteiger partial charge in [0.1, 0.15) is 6.10 Å². The topological polar surface area (TPSA) is 18.5 Å². The van der Waals surface area contributed by atoms with Crippen LogP contribution in [0.25, 0.3) is 0 Å². The molecule has 0 fully saturated rings. The number of benzene rings is 1. The standard InChI is InChI=1S/C11H15BF3O2.K/c1-8-4-5-11(17-9(2)7-16-3)10(6-8)12(13,14)15;/h4-6,9H,7H2,1-3H3;/q-1;+1. The molecule has 0 aliphatic heterocycles. The van der Waals surface area contributed by atoms with Crippen LogP contribution in [0.15, 0.2) is 18.2 Å². The van der Waals surface area contributed by atoms with Crippen molar-refractivity contribution in [2.24, 2.45) is 0 Å². The summed E-state index contributed by atoms with van der Waals surface area (Å²) in [5.41, 5.74) is -0.126. The van der Waals surface area contributed by atoms with Gasteiger partial charge in [0, 0.05) is 7.11 Å². The van der Waals surface area contributed by atoms with Gasteiger partial charge in [-0.2, -0.15) is 0 Å². The molecule has 0 amide bonds. The van der Waals surface area contributed by atoms with Gasteiger partial charge < -0.3 is 22.4 Å². The number of aryl methyl sites for hydroxylation is 1. The van der Waals surface area contributed by atoms with Crippen molar-refractivity contribution in [2.75, 3.05) is 13.7 Å². The third-order valence-corrected chi connectivity index (χ3v) is 2.25. The fourth-order valence-electron chi connectivity index (χ4n) is 1.52. The van der Waals surface area contributed by atoms with Crippen LogP contribution in [0.3, 0.4) is 0 Å². The Morgan fingerprint density at radius 3 is 2.39 bits per heavy atom. The first-order valence-corrected chi connectivity index (χ1v) is 5.30. The van der Waals surface area contributed by atoms with Crippen molar-refractivity contribution in [3.05, 3.63) is 23.8 Å². The molecule has 0 N–H and O–H groups in total. The van der Waals surface area contributed by atoms with E-state index in [1.54, 1.807) is 19.9 Å². The smallest absolute Gasteiger partial charge is 0.491 e. The number of hydrogen-bond acceptors (Lipinski definition) is 2. The van der Waals surface area contributed by atoms with Crippen LogP contribution >= 0.6 is 0 Å². The summed E-state index contributed by atoms with van der Waals surface area (Å²) >= 11 is 0. The Hall–Kier alpha value is 0.471. The van der Waals surface area contributed by atoms with Gasteiger partial charge >= 0.3 is 58.4 Å². The van der Waals surface area contributed by atoms with Crippen LogP contribution in [-0.2, 0) is 4.74 Å². The van der Waals surface area contributed by atoms with Crippen molar-refractivity contribution < 1.29 is 73.8 Å². The summed E-state index contributed by atoms with van der Waals surface area (Å²) in [6.07, 6.45) is -0.417. The van der Waals surface area contributed by atoms with E-state index >= 15 is 0 Å². The van der Waals surface area contributed by atoms with E-state index in [1.807, 2.05) is 0 Å². The van der Waals surface area contributed by atoms with Crippen molar-refractivity contribution in [3.8, 4) is 5.75 Å². The Morgan fingerprint density at radius 1 is 1.28 bits per heavy atom. The van der Waals surface area contributed by atoms with Crippen LogP contribution in [0.5, 0.6) is 5.75 Å². The van der Waals surface area contributed by atoms with Crippen LogP contribution in [0.4, 0.5) is 12.9 Å². The van der Waals surface area contributed by atoms with Crippen molar-refractivity contribution in [1.82, 2.24) is 0 Å². The molecule has 96 valence electrons. The van der Waals surface area contributed by atoms with Gasteiger partial charge in [-0.15, -0.1) is 0 Å². The number of ether oxygens (including phenoxy) is 2. The maximum Gasteiger partial charge on any atom is 1.00 e. The summed E-state index contributed by atoms with van der Waals surface area (Å²) in [5.74, 6) is -0.132. The van der Waals surface area contributed by atoms with Gasteiger partial charge in [-0.1, -0.05) is 23.2 Å². The second kappa shape index (κ2) is 7.92. The average molecular weight is 286 g/mol. The monoisotopic (exact) mass is 286 g/mol. The Morgan fingerprint density at radius 2 is 1.89 bits per heavy atom. The normalized spacial score (nSPS) is 12.8. The zero-order valence-electron chi connectivity index (χ0n) is 11.0. The minimum absolute atomic E-state index is 0. The summed E-state index contributed by atoms with van der Waals surface area (Å²) in [5, 5.41) is 0. The van der Waals surface area contributed by atoms with Gasteiger partial charge in [-0.3, -0.25) is 0 Å². The Kier molecular flexibility index (Phi) is 8.12. The molecule has 1 aromatic carbocycles. The maximum absolute atomic E-state index is 12.8. The summed E-state index contributed by atoms with van der Waals surface area (Å²) in [6, 6.07) is 4.06. The molecule has 0 radical (unpaired) electrons. The van der Waals surface area contributed by atoms with Crippen molar-refractivity contribution in [1.29, 1.82) is 0 Å². The molecule has 1 unspecified atom stereocenters. The molecule has 0 heterocycles. The van der Waals surface area contributed by atoms with Crippen LogP contribution < -0.4 is 61.6 Å². The van der Waals surface area contributed by atoms with Crippen LogP contribution in [-0.4, -0.2) is 26.8 Å². The first kappa shape index (κ1) is 18.5. The number of hydrogen-bond donors (Lipinski definition) is 0. The zero-order chi connectivity index (χ0) is 13.1. The number of rotatable bonds is 5. The molecule has 0 saturated heterocycles. The number of halogens is 3. The van der Waals surface area contributed by atoms with Gasteiger partial charge in [0.15, 0.2) is 0 Å². The molecular weight excluding hydrogens is 271 g/mol. The summed E-state index contributed by atoms with van der Waals surface area (Å²) < 4.78 is 48.5. The second-order valence-corrected chi connectivity index (χ2v) is 4.00. The van der Waals surface area contributed by atoms with Crippen LogP contribution in [0, 0.1) is 6.92 Å². The minimum atomic E-state index is -5.06. The van der Waals surface area contributed by atoms with Gasteiger partial charge in [-0.05, 0) is 19.9 Å². The van der Waals surface area contributed by atoms with Crippen LogP contribution in [0.2, 0.25) is 0 Å². The fraction of sp³-hybridized carbons (Fsp3) is 0.455. The summed E-state index contributed by atoms with van der Waals surface area (Å²) in [6.45, 7) is -1.53. The Labute approximate surface area is 148 Å². The third kappa shape index (κ3) is 5.63. The quantitative estimate of drug-likeness (QED) is 0.677. The summed E-state index contributed by atoms with van der Waals surface area (Å²) in [4.78, 5) is 0. The van der Waals surface area contributed by atoms with Crippen LogP contribution in [0.1, 0.15) is 12.5 Å². The van der Waals surface area contributed by atoms with Crippen molar-refractivity contribution >= 4 is 12.4 Å². The molecule has 1 rings (SSSR count). The molecule has 0 saturated carbocycles. The molecule has 1 aromatic rings. The molecule has 0 spiro atoms. The molecule has 0 aliphatic carbocycles. The molecule has 18 heavy (non-hydrogen) atoms. The molecule has 0 bridgehead atoms. The van der Waals surface area contributed by atoms with Gasteiger partial charge in [-0.25, -0.2) is 0 Å². The van der Waals surface area contributed by atoms with Crippen molar-refractivity contribution in [3.63, 3.8) is 0 Å². The van der Waals surface area contributed by atoms with E-state index in [0.29, 0.717) is 5.56 Å². The molecule has 1 atom stereocenters. The maximum atomic E-state index is 12.8. The molecule has 2 nitrogen and oxygen atoms in total. The van der Waals surface area contributed by atoms with Crippen molar-refractivity contribution in [2.45, 2.75) is 20.0 Å². The van der Waals surface area contributed by atoms with E-state index in [0.717, 1.165) is 6.07 Å². The zero-order valence-corrected chi connectivity index (χ0v) is 14.2. The fourth-order valence-corrected chi connectivity index (χ4v) is 1.52.